The fourth-order valence-corrected chi connectivity index (χ4v) is 4.29. The zero-order chi connectivity index (χ0) is 22.6. The maximum absolute atomic E-state index is 13.4. The minimum absolute atomic E-state index is 0.155. The first kappa shape index (κ1) is 21.2. The number of carbonyl (C=O) groups is 1. The molecule has 166 valence electrons. The van der Waals surface area contributed by atoms with Crippen molar-refractivity contribution in [1.29, 1.82) is 0 Å². The van der Waals surface area contributed by atoms with Crippen LogP contribution in [-0.2, 0) is 4.79 Å². The van der Waals surface area contributed by atoms with Crippen molar-refractivity contribution in [2.24, 2.45) is 9.98 Å². The normalized spacial score (nSPS) is 14.5. The molecule has 5 rings (SSSR count). The number of rotatable bonds is 4. The van der Waals surface area contributed by atoms with E-state index in [2.05, 4.69) is 5.32 Å². The number of para-hydroxylation sites is 2. The van der Waals surface area contributed by atoms with Crippen molar-refractivity contribution >= 4 is 45.5 Å². The van der Waals surface area contributed by atoms with Gasteiger partial charge in [-0.1, -0.05) is 24.3 Å². The van der Waals surface area contributed by atoms with E-state index in [1.54, 1.807) is 30.3 Å². The number of anilines is 1. The predicted octanol–water partition coefficient (Wildman–Crippen LogP) is 5.52. The van der Waals surface area contributed by atoms with Gasteiger partial charge in [0.05, 0.1) is 27.9 Å². The van der Waals surface area contributed by atoms with Gasteiger partial charge in [-0.25, -0.2) is 9.38 Å². The molecule has 2 heterocycles. The van der Waals surface area contributed by atoms with Crippen molar-refractivity contribution in [2.75, 3.05) is 24.3 Å². The highest BCUT2D eigenvalue weighted by Crippen LogP contribution is 2.34. The van der Waals surface area contributed by atoms with Crippen LogP contribution in [0.3, 0.4) is 0 Å². The number of benzene rings is 3. The minimum atomic E-state index is -0.299. The van der Waals surface area contributed by atoms with Gasteiger partial charge in [-0.15, -0.1) is 11.8 Å². The van der Waals surface area contributed by atoms with Crippen LogP contribution >= 0.6 is 11.8 Å². The van der Waals surface area contributed by atoms with E-state index in [1.165, 1.54) is 23.9 Å². The average molecular weight is 462 g/mol. The summed E-state index contributed by atoms with van der Waals surface area (Å²) in [6.45, 7) is 1.00. The van der Waals surface area contributed by atoms with Crippen molar-refractivity contribution < 1.29 is 18.7 Å². The molecule has 0 fully saturated rings. The third-order valence-corrected chi connectivity index (χ3v) is 6.05. The van der Waals surface area contributed by atoms with E-state index in [0.717, 1.165) is 27.7 Å². The number of hydrogen-bond acceptors (Lipinski definition) is 6. The lowest BCUT2D eigenvalue weighted by Gasteiger charge is -2.19. The number of ether oxygens (including phenoxy) is 2. The monoisotopic (exact) mass is 461 g/mol. The Morgan fingerprint density at radius 1 is 0.939 bits per heavy atom. The van der Waals surface area contributed by atoms with E-state index in [4.69, 9.17) is 19.5 Å². The van der Waals surface area contributed by atoms with E-state index >= 15 is 0 Å². The molecule has 3 aromatic rings. The molecular weight excluding hydrogens is 441 g/mol. The molecule has 0 aromatic heterocycles. The van der Waals surface area contributed by atoms with Crippen LogP contribution < -0.4 is 14.8 Å². The first-order valence-electron chi connectivity index (χ1n) is 10.5. The summed E-state index contributed by atoms with van der Waals surface area (Å²) in [5.41, 5.74) is 3.73. The molecule has 0 atom stereocenters. The second kappa shape index (κ2) is 9.46. The van der Waals surface area contributed by atoms with Gasteiger partial charge in [-0.05, 0) is 42.0 Å². The van der Waals surface area contributed by atoms with Gasteiger partial charge in [0.25, 0.3) is 0 Å². The SMILES string of the molecule is O=C(CSC1=Nc2ccccc2N=C(c2ccc(F)cc2)C1)Nc1ccc2c(c1)OCCO2. The first-order chi connectivity index (χ1) is 16.1. The molecule has 2 aliphatic heterocycles. The van der Waals surface area contributed by atoms with Gasteiger partial charge in [0, 0.05) is 18.2 Å². The summed E-state index contributed by atoms with van der Waals surface area (Å²) in [6, 6.07) is 19.2. The number of nitrogens with one attached hydrogen (secondary N) is 1. The number of fused-ring (bicyclic) bond motifs is 2. The van der Waals surface area contributed by atoms with Crippen LogP contribution in [0, 0.1) is 5.82 Å². The van der Waals surface area contributed by atoms with Crippen LogP contribution in [0.2, 0.25) is 0 Å². The van der Waals surface area contributed by atoms with Crippen molar-refractivity contribution in [3.05, 3.63) is 78.1 Å². The molecule has 0 saturated heterocycles. The average Bonchev–Trinajstić information content (AvgIpc) is 3.02. The Labute approximate surface area is 194 Å². The van der Waals surface area contributed by atoms with Crippen LogP contribution in [-0.4, -0.2) is 35.6 Å². The number of halogens is 1. The molecule has 0 saturated carbocycles. The fraction of sp³-hybridized carbons (Fsp3) is 0.160. The second-order valence-electron chi connectivity index (χ2n) is 7.43. The standard InChI is InChI=1S/C25H20FN3O3S/c26-17-7-5-16(6-8-17)21-14-25(29-20-4-2-1-3-19(20)28-21)33-15-24(30)27-18-9-10-22-23(13-18)32-12-11-31-22/h1-10,13H,11-12,14-15H2,(H,27,30). The highest BCUT2D eigenvalue weighted by Gasteiger charge is 2.17. The molecule has 1 amide bonds. The molecular formula is C25H20FN3O3S. The topological polar surface area (TPSA) is 72.3 Å². The molecule has 6 nitrogen and oxygen atoms in total. The van der Waals surface area contributed by atoms with Gasteiger partial charge in [0.15, 0.2) is 11.5 Å². The summed E-state index contributed by atoms with van der Waals surface area (Å²) in [6.07, 6.45) is 0.447. The third-order valence-electron chi connectivity index (χ3n) is 5.07. The van der Waals surface area contributed by atoms with Crippen LogP contribution in [0.1, 0.15) is 12.0 Å². The zero-order valence-electron chi connectivity index (χ0n) is 17.6. The van der Waals surface area contributed by atoms with E-state index in [9.17, 15) is 9.18 Å². The molecule has 0 unspecified atom stereocenters. The van der Waals surface area contributed by atoms with Gasteiger partial charge in [-0.2, -0.15) is 0 Å². The first-order valence-corrected chi connectivity index (χ1v) is 11.4. The lowest BCUT2D eigenvalue weighted by atomic mass is 10.1. The summed E-state index contributed by atoms with van der Waals surface area (Å²) in [5.74, 6) is 1.03. The predicted molar refractivity (Wildman–Crippen MR) is 129 cm³/mol. The maximum atomic E-state index is 13.4. The molecule has 0 radical (unpaired) electrons. The summed E-state index contributed by atoms with van der Waals surface area (Å²) >= 11 is 1.36. The largest absolute Gasteiger partial charge is 0.486 e. The smallest absolute Gasteiger partial charge is 0.234 e. The second-order valence-corrected chi connectivity index (χ2v) is 8.48. The van der Waals surface area contributed by atoms with Crippen molar-refractivity contribution in [2.45, 2.75) is 6.42 Å². The molecule has 8 heteroatoms. The summed E-state index contributed by atoms with van der Waals surface area (Å²) in [4.78, 5) is 22.1. The van der Waals surface area contributed by atoms with Gasteiger partial charge >= 0.3 is 0 Å². The molecule has 1 N–H and O–H groups in total. The van der Waals surface area contributed by atoms with Crippen molar-refractivity contribution in [3.8, 4) is 11.5 Å². The molecule has 33 heavy (non-hydrogen) atoms. The van der Waals surface area contributed by atoms with Gasteiger partial charge in [0.2, 0.25) is 5.91 Å². The highest BCUT2D eigenvalue weighted by atomic mass is 32.2. The Balaban J connectivity index is 1.30. The van der Waals surface area contributed by atoms with Crippen molar-refractivity contribution in [3.63, 3.8) is 0 Å². The van der Waals surface area contributed by atoms with Gasteiger partial charge in [0.1, 0.15) is 19.0 Å². The minimum Gasteiger partial charge on any atom is -0.486 e. The lowest BCUT2D eigenvalue weighted by Crippen LogP contribution is -2.18. The third kappa shape index (κ3) is 5.06. The van der Waals surface area contributed by atoms with E-state index in [-0.39, 0.29) is 17.5 Å². The van der Waals surface area contributed by atoms with Crippen LogP contribution in [0.15, 0.2) is 76.7 Å². The number of thioether (sulfide) groups is 1. The Morgan fingerprint density at radius 2 is 1.67 bits per heavy atom. The Hall–Kier alpha value is -3.65. The van der Waals surface area contributed by atoms with E-state index in [1.807, 2.05) is 24.3 Å². The Morgan fingerprint density at radius 3 is 2.45 bits per heavy atom. The van der Waals surface area contributed by atoms with Gasteiger partial charge in [-0.3, -0.25) is 9.79 Å². The number of amides is 1. The Kier molecular flexibility index (Phi) is 6.08. The van der Waals surface area contributed by atoms with Gasteiger partial charge < -0.3 is 14.8 Å². The molecule has 3 aromatic carbocycles. The van der Waals surface area contributed by atoms with Crippen molar-refractivity contribution in [1.82, 2.24) is 0 Å². The van der Waals surface area contributed by atoms with E-state index < -0.39 is 0 Å². The van der Waals surface area contributed by atoms with E-state index in [0.29, 0.717) is 36.8 Å². The summed E-state index contributed by atoms with van der Waals surface area (Å²) in [5, 5.41) is 3.66. The summed E-state index contributed by atoms with van der Waals surface area (Å²) < 4.78 is 24.5. The molecule has 0 bridgehead atoms. The lowest BCUT2D eigenvalue weighted by molar-refractivity contribution is -0.113. The number of carbonyl (C=O) groups excluding carboxylic acids is 1. The quantitative estimate of drug-likeness (QED) is 0.555. The number of hydrogen-bond donors (Lipinski definition) is 1. The highest BCUT2D eigenvalue weighted by molar-refractivity contribution is 8.14. The summed E-state index contributed by atoms with van der Waals surface area (Å²) in [7, 11) is 0. The number of nitrogens with zero attached hydrogens (tertiary/aromatic N) is 2. The van der Waals surface area contributed by atoms with Crippen LogP contribution in [0.5, 0.6) is 11.5 Å². The maximum Gasteiger partial charge on any atom is 0.234 e. The zero-order valence-corrected chi connectivity index (χ0v) is 18.4. The number of aliphatic imine (C=N–C) groups is 2. The Bertz CT molecular complexity index is 1260. The molecule has 0 aliphatic carbocycles. The van der Waals surface area contributed by atoms with Crippen LogP contribution in [0.25, 0.3) is 0 Å². The molecule has 0 spiro atoms. The fourth-order valence-electron chi connectivity index (χ4n) is 3.51. The molecule has 2 aliphatic rings. The van der Waals surface area contributed by atoms with Crippen LogP contribution in [0.4, 0.5) is 21.5 Å².